The van der Waals surface area contributed by atoms with Gasteiger partial charge in [-0.05, 0) is 12.8 Å². The maximum Gasteiger partial charge on any atom is 0.254 e. The maximum absolute atomic E-state index is 11.7. The molecule has 4 nitrogen and oxygen atoms in total. The molecule has 1 amide bonds. The number of nitrogens with zero attached hydrogens (tertiary/aromatic N) is 2. The van der Waals surface area contributed by atoms with E-state index < -0.39 is 0 Å². The van der Waals surface area contributed by atoms with Crippen molar-refractivity contribution in [2.45, 2.75) is 13.8 Å². The zero-order valence-electron chi connectivity index (χ0n) is 9.25. The van der Waals surface area contributed by atoms with Gasteiger partial charge in [-0.1, -0.05) is 22.9 Å². The van der Waals surface area contributed by atoms with Crippen LogP contribution in [-0.2, 0) is 7.05 Å². The normalized spacial score (nSPS) is 12.5. The lowest BCUT2D eigenvalue weighted by atomic mass is 10.2. The van der Waals surface area contributed by atoms with Crippen LogP contribution in [0.1, 0.15) is 23.0 Å². The van der Waals surface area contributed by atoms with E-state index in [1.165, 1.54) is 0 Å². The third kappa shape index (κ3) is 3.34. The van der Waals surface area contributed by atoms with Crippen molar-refractivity contribution < 1.29 is 4.79 Å². The van der Waals surface area contributed by atoms with Crippen LogP contribution in [0.5, 0.6) is 0 Å². The molecule has 5 heteroatoms. The number of amides is 1. The van der Waals surface area contributed by atoms with Gasteiger partial charge in [0.15, 0.2) is 0 Å². The number of nitrogens with one attached hydrogen (secondary N) is 1. The molecule has 1 aromatic heterocycles. The lowest BCUT2D eigenvalue weighted by molar-refractivity contribution is 0.0948. The first-order chi connectivity index (χ1) is 7.04. The van der Waals surface area contributed by atoms with Crippen molar-refractivity contribution in [1.29, 1.82) is 0 Å². The van der Waals surface area contributed by atoms with Gasteiger partial charge in [0.1, 0.15) is 0 Å². The van der Waals surface area contributed by atoms with Crippen molar-refractivity contribution in [3.8, 4) is 0 Å². The fraction of sp³-hybridized carbons (Fsp3) is 0.600. The van der Waals surface area contributed by atoms with Crippen molar-refractivity contribution in [1.82, 2.24) is 15.1 Å². The number of halogens is 1. The SMILES string of the molecule is Cc1nn(C)cc1C(=O)NCC(C)CBr. The van der Waals surface area contributed by atoms with Crippen molar-refractivity contribution >= 4 is 21.8 Å². The number of hydrogen-bond donors (Lipinski definition) is 1. The Morgan fingerprint density at radius 1 is 1.73 bits per heavy atom. The predicted octanol–water partition coefficient (Wildman–Crippen LogP) is 1.49. The molecule has 0 bridgehead atoms. The van der Waals surface area contributed by atoms with Crippen LogP contribution < -0.4 is 5.32 Å². The molecule has 1 unspecified atom stereocenters. The van der Waals surface area contributed by atoms with Crippen LogP contribution in [0.3, 0.4) is 0 Å². The lowest BCUT2D eigenvalue weighted by Crippen LogP contribution is -2.29. The molecule has 0 saturated heterocycles. The molecule has 1 N–H and O–H groups in total. The van der Waals surface area contributed by atoms with Crippen LogP contribution in [0.2, 0.25) is 0 Å². The van der Waals surface area contributed by atoms with E-state index in [1.807, 2.05) is 14.0 Å². The van der Waals surface area contributed by atoms with Gasteiger partial charge in [0.2, 0.25) is 0 Å². The second-order valence-electron chi connectivity index (χ2n) is 3.77. The summed E-state index contributed by atoms with van der Waals surface area (Å²) in [5, 5.41) is 7.90. The summed E-state index contributed by atoms with van der Waals surface area (Å²) in [7, 11) is 1.81. The zero-order valence-corrected chi connectivity index (χ0v) is 10.8. The minimum absolute atomic E-state index is 0.0478. The lowest BCUT2D eigenvalue weighted by Gasteiger charge is -2.08. The summed E-state index contributed by atoms with van der Waals surface area (Å²) < 4.78 is 1.65. The highest BCUT2D eigenvalue weighted by atomic mass is 79.9. The Labute approximate surface area is 98.2 Å². The minimum Gasteiger partial charge on any atom is -0.352 e. The summed E-state index contributed by atoms with van der Waals surface area (Å²) in [6.45, 7) is 4.59. The van der Waals surface area contributed by atoms with Gasteiger partial charge in [-0.2, -0.15) is 5.10 Å². The van der Waals surface area contributed by atoms with E-state index in [0.29, 0.717) is 18.0 Å². The third-order valence-electron chi connectivity index (χ3n) is 2.13. The molecular formula is C10H16BrN3O. The number of aryl methyl sites for hydroxylation is 2. The average Bonchev–Trinajstić information content (AvgIpc) is 2.53. The van der Waals surface area contributed by atoms with Gasteiger partial charge in [-0.25, -0.2) is 0 Å². The van der Waals surface area contributed by atoms with Gasteiger partial charge in [0.05, 0.1) is 11.3 Å². The Hall–Kier alpha value is -0.840. The molecule has 1 aromatic rings. The summed E-state index contributed by atoms with van der Waals surface area (Å²) in [5.74, 6) is 0.388. The Morgan fingerprint density at radius 3 is 2.87 bits per heavy atom. The van der Waals surface area contributed by atoms with Crippen molar-refractivity contribution in [2.75, 3.05) is 11.9 Å². The smallest absolute Gasteiger partial charge is 0.254 e. The molecule has 1 atom stereocenters. The summed E-state index contributed by atoms with van der Waals surface area (Å²) in [6.07, 6.45) is 1.74. The molecule has 0 aliphatic rings. The van der Waals surface area contributed by atoms with Crippen molar-refractivity contribution in [3.05, 3.63) is 17.5 Å². The fourth-order valence-corrected chi connectivity index (χ4v) is 1.47. The van der Waals surface area contributed by atoms with Crippen molar-refractivity contribution in [2.24, 2.45) is 13.0 Å². The number of rotatable bonds is 4. The first-order valence-corrected chi connectivity index (χ1v) is 6.01. The monoisotopic (exact) mass is 273 g/mol. The molecule has 0 aliphatic heterocycles. The second-order valence-corrected chi connectivity index (χ2v) is 4.42. The van der Waals surface area contributed by atoms with E-state index in [4.69, 9.17) is 0 Å². The van der Waals surface area contributed by atoms with E-state index in [-0.39, 0.29) is 5.91 Å². The highest BCUT2D eigenvalue weighted by molar-refractivity contribution is 9.09. The molecule has 0 spiro atoms. The average molecular weight is 274 g/mol. The van der Waals surface area contributed by atoms with Crippen LogP contribution >= 0.6 is 15.9 Å². The quantitative estimate of drug-likeness (QED) is 0.845. The number of carbonyl (C=O) groups is 1. The zero-order chi connectivity index (χ0) is 11.4. The number of hydrogen-bond acceptors (Lipinski definition) is 2. The Morgan fingerprint density at radius 2 is 2.40 bits per heavy atom. The van der Waals surface area contributed by atoms with E-state index in [9.17, 15) is 4.79 Å². The molecule has 15 heavy (non-hydrogen) atoms. The van der Waals surface area contributed by atoms with Gasteiger partial charge >= 0.3 is 0 Å². The summed E-state index contributed by atoms with van der Waals surface area (Å²) in [5.41, 5.74) is 1.42. The summed E-state index contributed by atoms with van der Waals surface area (Å²) in [6, 6.07) is 0. The molecule has 1 rings (SSSR count). The Balaban J connectivity index is 2.58. The molecule has 0 fully saturated rings. The maximum atomic E-state index is 11.7. The molecule has 0 radical (unpaired) electrons. The summed E-state index contributed by atoms with van der Waals surface area (Å²) in [4.78, 5) is 11.7. The number of alkyl halides is 1. The van der Waals surface area contributed by atoms with E-state index in [0.717, 1.165) is 11.0 Å². The predicted molar refractivity (Wildman–Crippen MR) is 63.2 cm³/mol. The minimum atomic E-state index is -0.0478. The van der Waals surface area contributed by atoms with E-state index in [1.54, 1.807) is 10.9 Å². The van der Waals surface area contributed by atoms with Crippen LogP contribution in [0, 0.1) is 12.8 Å². The molecule has 84 valence electrons. The highest BCUT2D eigenvalue weighted by Gasteiger charge is 2.12. The fourth-order valence-electron chi connectivity index (χ4n) is 1.24. The molecule has 0 aromatic carbocycles. The van der Waals surface area contributed by atoms with Gasteiger partial charge in [0, 0.05) is 25.1 Å². The van der Waals surface area contributed by atoms with Gasteiger partial charge in [0.25, 0.3) is 5.91 Å². The largest absolute Gasteiger partial charge is 0.352 e. The molecule has 0 saturated carbocycles. The number of carbonyl (C=O) groups excluding carboxylic acids is 1. The summed E-state index contributed by atoms with van der Waals surface area (Å²) >= 11 is 3.37. The van der Waals surface area contributed by atoms with E-state index in [2.05, 4.69) is 33.3 Å². The first-order valence-electron chi connectivity index (χ1n) is 4.89. The van der Waals surface area contributed by atoms with Crippen LogP contribution in [0.25, 0.3) is 0 Å². The van der Waals surface area contributed by atoms with Gasteiger partial charge < -0.3 is 5.32 Å². The highest BCUT2D eigenvalue weighted by Crippen LogP contribution is 2.05. The topological polar surface area (TPSA) is 46.9 Å². The standard InChI is InChI=1S/C10H16BrN3O/c1-7(4-11)5-12-10(15)9-6-14(3)13-8(9)2/h6-7H,4-5H2,1-3H3,(H,12,15). The first kappa shape index (κ1) is 12.2. The van der Waals surface area contributed by atoms with Crippen LogP contribution in [-0.4, -0.2) is 27.6 Å². The Bertz CT molecular complexity index is 348. The third-order valence-corrected chi connectivity index (χ3v) is 3.24. The molecule has 1 heterocycles. The Kier molecular flexibility index (Phi) is 4.32. The molecule has 0 aliphatic carbocycles. The number of aromatic nitrogens is 2. The molecular weight excluding hydrogens is 258 g/mol. The van der Waals surface area contributed by atoms with E-state index >= 15 is 0 Å². The van der Waals surface area contributed by atoms with Crippen LogP contribution in [0.15, 0.2) is 6.20 Å². The second kappa shape index (κ2) is 5.30. The van der Waals surface area contributed by atoms with Gasteiger partial charge in [-0.3, -0.25) is 9.48 Å². The van der Waals surface area contributed by atoms with Gasteiger partial charge in [-0.15, -0.1) is 0 Å². The van der Waals surface area contributed by atoms with Crippen molar-refractivity contribution in [3.63, 3.8) is 0 Å². The van der Waals surface area contributed by atoms with Crippen LogP contribution in [0.4, 0.5) is 0 Å².